The molecular formula is C36H68NO7P. The van der Waals surface area contributed by atoms with Crippen LogP contribution in [0.15, 0.2) is 36.5 Å². The largest absolute Gasteiger partial charge is 0.472 e. The third-order valence-corrected chi connectivity index (χ3v) is 8.29. The van der Waals surface area contributed by atoms with Gasteiger partial charge in [0, 0.05) is 19.6 Å². The zero-order valence-corrected chi connectivity index (χ0v) is 29.7. The smallest absolute Gasteiger partial charge is 0.457 e. The number of allylic oxidation sites excluding steroid dienone is 6. The molecule has 0 heterocycles. The predicted octanol–water partition coefficient (Wildman–Crippen LogP) is 9.91. The van der Waals surface area contributed by atoms with E-state index in [9.17, 15) is 14.3 Å². The topological polar surface area (TPSA) is 117 Å². The summed E-state index contributed by atoms with van der Waals surface area (Å²) in [6.07, 6.45) is 37.0. The molecule has 0 bridgehead atoms. The van der Waals surface area contributed by atoms with Gasteiger partial charge >= 0.3 is 13.8 Å². The van der Waals surface area contributed by atoms with Crippen molar-refractivity contribution in [3.05, 3.63) is 36.5 Å². The van der Waals surface area contributed by atoms with Gasteiger partial charge < -0.3 is 20.1 Å². The number of carbonyl (C=O) groups excluding carboxylic acids is 1. The number of hydrogen-bond donors (Lipinski definition) is 2. The Balaban J connectivity index is 3.73. The SMILES string of the molecule is CCCCCCC/C=C\C/C=C\C/C=C\CCCCCCCCCCCOCC(COP(=O)(O)OCCN)OC(=O)CCCC. The fourth-order valence-corrected chi connectivity index (χ4v) is 5.39. The number of ether oxygens (including phenoxy) is 2. The lowest BCUT2D eigenvalue weighted by molar-refractivity contribution is -0.154. The van der Waals surface area contributed by atoms with Gasteiger partial charge in [0.15, 0.2) is 0 Å². The summed E-state index contributed by atoms with van der Waals surface area (Å²) in [5.41, 5.74) is 5.30. The van der Waals surface area contributed by atoms with Crippen molar-refractivity contribution < 1.29 is 32.8 Å². The highest BCUT2D eigenvalue weighted by molar-refractivity contribution is 7.47. The Morgan fingerprint density at radius 1 is 0.667 bits per heavy atom. The van der Waals surface area contributed by atoms with Crippen molar-refractivity contribution >= 4 is 13.8 Å². The lowest BCUT2D eigenvalue weighted by Gasteiger charge is -2.20. The van der Waals surface area contributed by atoms with Crippen LogP contribution in [-0.4, -0.2) is 49.9 Å². The first-order valence-corrected chi connectivity index (χ1v) is 19.5. The van der Waals surface area contributed by atoms with E-state index in [-0.39, 0.29) is 32.3 Å². The average Bonchev–Trinajstić information content (AvgIpc) is 3.03. The van der Waals surface area contributed by atoms with Crippen molar-refractivity contribution in [3.63, 3.8) is 0 Å². The molecule has 2 atom stereocenters. The third-order valence-electron chi connectivity index (χ3n) is 7.31. The summed E-state index contributed by atoms with van der Waals surface area (Å²) in [5, 5.41) is 0. The second kappa shape index (κ2) is 34.1. The zero-order chi connectivity index (χ0) is 33.1. The Kier molecular flexibility index (Phi) is 33.1. The van der Waals surface area contributed by atoms with Gasteiger partial charge in [0.1, 0.15) is 6.10 Å². The zero-order valence-electron chi connectivity index (χ0n) is 28.8. The quantitative estimate of drug-likeness (QED) is 0.0304. The average molecular weight is 658 g/mol. The third kappa shape index (κ3) is 33.9. The fourth-order valence-electron chi connectivity index (χ4n) is 4.63. The molecule has 8 nitrogen and oxygen atoms in total. The Hall–Kier alpha value is -1.28. The van der Waals surface area contributed by atoms with Gasteiger partial charge in [0.25, 0.3) is 0 Å². The van der Waals surface area contributed by atoms with Gasteiger partial charge in [-0.05, 0) is 51.4 Å². The van der Waals surface area contributed by atoms with E-state index < -0.39 is 13.9 Å². The standard InChI is InChI=1S/C36H68NO7P/c1-3-5-7-8-9-10-11-12-13-14-15-16-17-18-19-20-21-22-23-24-25-26-27-28-31-41-33-35(44-36(38)29-6-4-2)34-43-45(39,40)42-32-30-37/h11-12,14-15,17-18,35H,3-10,13,16,19-34,37H2,1-2H3,(H,39,40)/b12-11-,15-14-,18-17-. The minimum atomic E-state index is -4.25. The van der Waals surface area contributed by atoms with Crippen LogP contribution in [0.2, 0.25) is 0 Å². The highest BCUT2D eigenvalue weighted by atomic mass is 31.2. The van der Waals surface area contributed by atoms with E-state index in [4.69, 9.17) is 24.3 Å². The first kappa shape index (κ1) is 43.7. The van der Waals surface area contributed by atoms with Gasteiger partial charge in [-0.2, -0.15) is 0 Å². The van der Waals surface area contributed by atoms with Crippen LogP contribution in [0.3, 0.4) is 0 Å². The van der Waals surface area contributed by atoms with Crippen LogP contribution in [0.1, 0.15) is 149 Å². The number of nitrogens with two attached hydrogens (primary N) is 1. The normalized spacial score (nSPS) is 14.1. The van der Waals surface area contributed by atoms with Crippen LogP contribution in [0.25, 0.3) is 0 Å². The molecule has 3 N–H and O–H groups in total. The van der Waals surface area contributed by atoms with Crippen LogP contribution in [0, 0.1) is 0 Å². The lowest BCUT2D eigenvalue weighted by Crippen LogP contribution is -2.28. The molecule has 2 unspecified atom stereocenters. The van der Waals surface area contributed by atoms with Gasteiger partial charge in [-0.25, -0.2) is 4.57 Å². The second-order valence-electron chi connectivity index (χ2n) is 11.7. The minimum absolute atomic E-state index is 0.0981. The Labute approximate surface area is 276 Å². The second-order valence-corrected chi connectivity index (χ2v) is 13.2. The number of carbonyl (C=O) groups is 1. The maximum atomic E-state index is 12.0. The molecule has 0 amide bonds. The number of phosphoric acid groups is 1. The van der Waals surface area contributed by atoms with E-state index >= 15 is 0 Å². The number of unbranched alkanes of at least 4 members (excludes halogenated alkanes) is 15. The van der Waals surface area contributed by atoms with Crippen LogP contribution in [-0.2, 0) is 27.9 Å². The molecule has 264 valence electrons. The predicted molar refractivity (Wildman–Crippen MR) is 187 cm³/mol. The molecule has 0 saturated heterocycles. The summed E-state index contributed by atoms with van der Waals surface area (Å²) in [5.74, 6) is -0.369. The Morgan fingerprint density at radius 2 is 1.18 bits per heavy atom. The highest BCUT2D eigenvalue weighted by Gasteiger charge is 2.25. The monoisotopic (exact) mass is 657 g/mol. The first-order chi connectivity index (χ1) is 21.9. The lowest BCUT2D eigenvalue weighted by atomic mass is 10.1. The summed E-state index contributed by atoms with van der Waals surface area (Å²) < 4.78 is 32.7. The number of phosphoric ester groups is 1. The molecular weight excluding hydrogens is 589 g/mol. The number of esters is 1. The molecule has 45 heavy (non-hydrogen) atoms. The van der Waals surface area contributed by atoms with E-state index in [1.165, 1.54) is 89.9 Å². The van der Waals surface area contributed by atoms with Gasteiger partial charge in [0.05, 0.1) is 19.8 Å². The summed E-state index contributed by atoms with van der Waals surface area (Å²) in [7, 11) is -4.25. The molecule has 0 radical (unpaired) electrons. The molecule has 0 aliphatic rings. The molecule has 0 rings (SSSR count). The van der Waals surface area contributed by atoms with E-state index in [1.807, 2.05) is 6.92 Å². The van der Waals surface area contributed by atoms with Gasteiger partial charge in [-0.15, -0.1) is 0 Å². The fraction of sp³-hybridized carbons (Fsp3) is 0.806. The van der Waals surface area contributed by atoms with E-state index in [2.05, 4.69) is 43.4 Å². The molecule has 0 spiro atoms. The maximum Gasteiger partial charge on any atom is 0.472 e. The van der Waals surface area contributed by atoms with Crippen molar-refractivity contribution in [3.8, 4) is 0 Å². The van der Waals surface area contributed by atoms with Crippen LogP contribution in [0.5, 0.6) is 0 Å². The molecule has 0 aliphatic heterocycles. The summed E-state index contributed by atoms with van der Waals surface area (Å²) in [6, 6.07) is 0. The van der Waals surface area contributed by atoms with Crippen molar-refractivity contribution in [2.75, 3.05) is 33.0 Å². The van der Waals surface area contributed by atoms with Gasteiger partial charge in [-0.1, -0.05) is 127 Å². The minimum Gasteiger partial charge on any atom is -0.457 e. The van der Waals surface area contributed by atoms with Crippen molar-refractivity contribution in [1.29, 1.82) is 0 Å². The summed E-state index contributed by atoms with van der Waals surface area (Å²) in [4.78, 5) is 21.7. The van der Waals surface area contributed by atoms with Crippen molar-refractivity contribution in [2.24, 2.45) is 5.73 Å². The van der Waals surface area contributed by atoms with Crippen molar-refractivity contribution in [1.82, 2.24) is 0 Å². The van der Waals surface area contributed by atoms with Crippen molar-refractivity contribution in [2.45, 2.75) is 155 Å². The van der Waals surface area contributed by atoms with E-state index in [0.29, 0.717) is 13.0 Å². The number of hydrogen-bond acceptors (Lipinski definition) is 7. The summed E-state index contributed by atoms with van der Waals surface area (Å²) >= 11 is 0. The van der Waals surface area contributed by atoms with Crippen LogP contribution < -0.4 is 5.73 Å². The van der Waals surface area contributed by atoms with Gasteiger partial charge in [-0.3, -0.25) is 13.8 Å². The van der Waals surface area contributed by atoms with Gasteiger partial charge in [0.2, 0.25) is 0 Å². The van der Waals surface area contributed by atoms with E-state index in [1.54, 1.807) is 0 Å². The summed E-state index contributed by atoms with van der Waals surface area (Å²) in [6.45, 7) is 4.63. The molecule has 0 saturated carbocycles. The number of rotatable bonds is 34. The van der Waals surface area contributed by atoms with Crippen LogP contribution in [0.4, 0.5) is 0 Å². The molecule has 0 fully saturated rings. The molecule has 0 aromatic carbocycles. The molecule has 0 aromatic heterocycles. The Bertz CT molecular complexity index is 787. The molecule has 9 heteroatoms. The van der Waals surface area contributed by atoms with Crippen LogP contribution >= 0.6 is 7.82 Å². The van der Waals surface area contributed by atoms with E-state index in [0.717, 1.165) is 38.5 Å². The Morgan fingerprint density at radius 3 is 1.73 bits per heavy atom. The highest BCUT2D eigenvalue weighted by Crippen LogP contribution is 2.43. The maximum absolute atomic E-state index is 12.0. The molecule has 0 aliphatic carbocycles. The molecule has 0 aromatic rings. The first-order valence-electron chi connectivity index (χ1n) is 18.0.